The molecule has 0 aromatic heterocycles. The normalized spacial score (nSPS) is 10.5. The monoisotopic (exact) mass is 193 g/mol. The Morgan fingerprint density at radius 1 is 1.30 bits per heavy atom. The molecule has 0 amide bonds. The molecule has 0 N–H and O–H groups in total. The summed E-state index contributed by atoms with van der Waals surface area (Å²) in [4.78, 5) is 0. The zero-order chi connectivity index (χ0) is 7.40. The molecule has 0 aliphatic carbocycles. The summed E-state index contributed by atoms with van der Waals surface area (Å²) in [5.74, 6) is 0. The molecule has 0 atom stereocenters. The molecule has 1 aromatic rings. The van der Waals surface area contributed by atoms with Crippen LogP contribution in [-0.2, 0) is 0 Å². The van der Waals surface area contributed by atoms with E-state index in [1.165, 1.54) is 9.92 Å². The SMILES string of the molecule is C=C([As]C)c1ccccc1. The van der Waals surface area contributed by atoms with Crippen LogP contribution in [0.5, 0.6) is 0 Å². The third-order valence-corrected chi connectivity index (χ3v) is 3.05. The van der Waals surface area contributed by atoms with Gasteiger partial charge in [0.15, 0.2) is 0 Å². The first-order valence-electron chi connectivity index (χ1n) is 3.19. The van der Waals surface area contributed by atoms with E-state index in [-0.39, 0.29) is 0 Å². The van der Waals surface area contributed by atoms with Crippen molar-refractivity contribution in [2.75, 3.05) is 0 Å². The zero-order valence-corrected chi connectivity index (χ0v) is 7.92. The van der Waals surface area contributed by atoms with Gasteiger partial charge in [0.05, 0.1) is 0 Å². The number of hydrogen-bond donors (Lipinski definition) is 0. The number of benzene rings is 1. The summed E-state index contributed by atoms with van der Waals surface area (Å²) in [6, 6.07) is 10.4. The standard InChI is InChI=1S/C9H10As/c1-8(10-2)9-6-4-3-5-7-9/h3-7H,1H2,2H3. The van der Waals surface area contributed by atoms with E-state index in [4.69, 9.17) is 0 Å². The van der Waals surface area contributed by atoms with Crippen LogP contribution in [-0.4, -0.2) is 15.8 Å². The Morgan fingerprint density at radius 2 is 1.90 bits per heavy atom. The predicted octanol–water partition coefficient (Wildman–Crippen LogP) is 2.41. The molecule has 0 fully saturated rings. The second-order valence-corrected chi connectivity index (χ2v) is 4.11. The summed E-state index contributed by atoms with van der Waals surface area (Å²) in [6.07, 6.45) is 0. The van der Waals surface area contributed by atoms with Crippen molar-refractivity contribution >= 4 is 20.1 Å². The van der Waals surface area contributed by atoms with Gasteiger partial charge in [-0.05, 0) is 0 Å². The molecule has 1 heteroatoms. The molecule has 10 heavy (non-hydrogen) atoms. The van der Waals surface area contributed by atoms with E-state index in [0.29, 0.717) is 15.8 Å². The fraction of sp³-hybridized carbons (Fsp3) is 0.111. The van der Waals surface area contributed by atoms with Crippen molar-refractivity contribution in [2.24, 2.45) is 0 Å². The van der Waals surface area contributed by atoms with Crippen LogP contribution in [0.15, 0.2) is 36.9 Å². The molecule has 51 valence electrons. The van der Waals surface area contributed by atoms with Gasteiger partial charge >= 0.3 is 68.3 Å². The van der Waals surface area contributed by atoms with Crippen LogP contribution in [0.25, 0.3) is 4.36 Å². The van der Waals surface area contributed by atoms with Gasteiger partial charge in [0, 0.05) is 0 Å². The summed E-state index contributed by atoms with van der Waals surface area (Å²) in [7, 11) is 0. The number of rotatable bonds is 2. The molecule has 0 bridgehead atoms. The Balaban J connectivity index is 2.85. The average Bonchev–Trinajstić information content (AvgIpc) is 2.05. The summed E-state index contributed by atoms with van der Waals surface area (Å²) in [6.45, 7) is 3.99. The fourth-order valence-electron chi connectivity index (χ4n) is 0.760. The van der Waals surface area contributed by atoms with Gasteiger partial charge < -0.3 is 0 Å². The second kappa shape index (κ2) is 3.63. The van der Waals surface area contributed by atoms with E-state index in [1.807, 2.05) is 6.07 Å². The Labute approximate surface area is 68.6 Å². The molecule has 0 saturated heterocycles. The van der Waals surface area contributed by atoms with Crippen LogP contribution < -0.4 is 0 Å². The van der Waals surface area contributed by atoms with Crippen molar-refractivity contribution in [1.82, 2.24) is 0 Å². The second-order valence-electron chi connectivity index (χ2n) is 2.04. The van der Waals surface area contributed by atoms with Gasteiger partial charge in [0.2, 0.25) is 0 Å². The van der Waals surface area contributed by atoms with Gasteiger partial charge in [-0.2, -0.15) is 0 Å². The van der Waals surface area contributed by atoms with Gasteiger partial charge in [-0.25, -0.2) is 0 Å². The van der Waals surface area contributed by atoms with Gasteiger partial charge in [0.1, 0.15) is 0 Å². The predicted molar refractivity (Wildman–Crippen MR) is 47.1 cm³/mol. The van der Waals surface area contributed by atoms with Gasteiger partial charge in [-0.1, -0.05) is 0 Å². The third kappa shape index (κ3) is 1.75. The molecule has 1 aromatic carbocycles. The minimum atomic E-state index is 0.299. The fourth-order valence-corrected chi connectivity index (χ4v) is 1.61. The maximum atomic E-state index is 3.99. The first-order valence-corrected chi connectivity index (χ1v) is 6.00. The van der Waals surface area contributed by atoms with Gasteiger partial charge in [-0.3, -0.25) is 0 Å². The van der Waals surface area contributed by atoms with Crippen molar-refractivity contribution < 1.29 is 0 Å². The molecule has 0 nitrogen and oxygen atoms in total. The Bertz CT molecular complexity index is 213. The van der Waals surface area contributed by atoms with E-state index < -0.39 is 0 Å². The molecule has 1 rings (SSSR count). The summed E-state index contributed by atoms with van der Waals surface area (Å²) < 4.78 is 1.30. The molecule has 0 saturated carbocycles. The zero-order valence-electron chi connectivity index (χ0n) is 6.04. The summed E-state index contributed by atoms with van der Waals surface area (Å²) in [5.41, 5.74) is 3.51. The van der Waals surface area contributed by atoms with Crippen molar-refractivity contribution in [3.05, 3.63) is 42.5 Å². The maximum absolute atomic E-state index is 3.99. The van der Waals surface area contributed by atoms with Crippen LogP contribution in [0.2, 0.25) is 5.71 Å². The topological polar surface area (TPSA) is 0 Å². The molecular weight excluding hydrogens is 183 g/mol. The molecule has 0 spiro atoms. The summed E-state index contributed by atoms with van der Waals surface area (Å²) in [5, 5.41) is 0. The van der Waals surface area contributed by atoms with E-state index >= 15 is 0 Å². The van der Waals surface area contributed by atoms with Crippen molar-refractivity contribution in [2.45, 2.75) is 5.71 Å². The van der Waals surface area contributed by atoms with E-state index in [0.717, 1.165) is 0 Å². The van der Waals surface area contributed by atoms with E-state index in [9.17, 15) is 0 Å². The first-order chi connectivity index (χ1) is 4.84. The summed E-state index contributed by atoms with van der Waals surface area (Å²) >= 11 is 0.299. The third-order valence-electron chi connectivity index (χ3n) is 1.38. The van der Waals surface area contributed by atoms with Crippen LogP contribution in [0, 0.1) is 0 Å². The Hall–Kier alpha value is -0.482. The Kier molecular flexibility index (Phi) is 2.77. The minimum absolute atomic E-state index is 0.299. The van der Waals surface area contributed by atoms with Crippen LogP contribution in [0.3, 0.4) is 0 Å². The molecule has 0 heterocycles. The van der Waals surface area contributed by atoms with Gasteiger partial charge in [0.25, 0.3) is 0 Å². The van der Waals surface area contributed by atoms with Crippen molar-refractivity contribution in [3.8, 4) is 0 Å². The number of hydrogen-bond acceptors (Lipinski definition) is 0. The first kappa shape index (κ1) is 7.62. The molecule has 0 aliphatic rings. The average molecular weight is 193 g/mol. The van der Waals surface area contributed by atoms with E-state index in [1.54, 1.807) is 0 Å². The molecule has 1 radical (unpaired) electrons. The molecule has 0 aliphatic heterocycles. The molecule has 0 unspecified atom stereocenters. The van der Waals surface area contributed by atoms with Gasteiger partial charge in [-0.15, -0.1) is 0 Å². The van der Waals surface area contributed by atoms with Crippen LogP contribution in [0.1, 0.15) is 5.56 Å². The quantitative estimate of drug-likeness (QED) is 0.632. The van der Waals surface area contributed by atoms with Crippen LogP contribution >= 0.6 is 0 Å². The molecular formula is C9H10As. The van der Waals surface area contributed by atoms with Crippen molar-refractivity contribution in [3.63, 3.8) is 0 Å². The van der Waals surface area contributed by atoms with E-state index in [2.05, 4.69) is 36.6 Å². The Morgan fingerprint density at radius 3 is 2.40 bits per heavy atom. The van der Waals surface area contributed by atoms with Crippen LogP contribution in [0.4, 0.5) is 0 Å². The van der Waals surface area contributed by atoms with Crippen molar-refractivity contribution in [1.29, 1.82) is 0 Å².